The number of aryl methyl sites for hydroxylation is 1. The summed E-state index contributed by atoms with van der Waals surface area (Å²) in [6.07, 6.45) is 2.66. The van der Waals surface area contributed by atoms with E-state index < -0.39 is 26.1 Å². The first-order valence-corrected chi connectivity index (χ1v) is 10.9. The Morgan fingerprint density at radius 1 is 1.17 bits per heavy atom. The van der Waals surface area contributed by atoms with Crippen molar-refractivity contribution < 1.29 is 16.8 Å². The summed E-state index contributed by atoms with van der Waals surface area (Å²) in [6, 6.07) is 3.75. The molecular weight excluding hydrogens is 350 g/mol. The Morgan fingerprint density at radius 2 is 1.79 bits per heavy atom. The molecule has 0 spiro atoms. The molecule has 1 aromatic rings. The molecule has 0 aromatic heterocycles. The lowest BCUT2D eigenvalue weighted by Crippen LogP contribution is -2.38. The summed E-state index contributed by atoms with van der Waals surface area (Å²) < 4.78 is 54.4. The van der Waals surface area contributed by atoms with Crippen molar-refractivity contribution in [3.63, 3.8) is 0 Å². The molecule has 9 heteroatoms. The van der Waals surface area contributed by atoms with Crippen molar-refractivity contribution in [1.82, 2.24) is 9.03 Å². The Morgan fingerprint density at radius 3 is 2.38 bits per heavy atom. The summed E-state index contributed by atoms with van der Waals surface area (Å²) in [6.45, 7) is 4.42. The largest absolute Gasteiger partial charge is 0.329 e. The minimum absolute atomic E-state index is 0.0488. The van der Waals surface area contributed by atoms with Crippen LogP contribution in [0, 0.1) is 6.92 Å². The van der Waals surface area contributed by atoms with Crippen LogP contribution in [0.1, 0.15) is 31.7 Å². The lowest BCUT2D eigenvalue weighted by atomic mass is 10.2. The van der Waals surface area contributed by atoms with Crippen LogP contribution >= 0.6 is 0 Å². The van der Waals surface area contributed by atoms with E-state index in [4.69, 9.17) is 5.73 Å². The molecule has 136 valence electrons. The van der Waals surface area contributed by atoms with Gasteiger partial charge in [0.25, 0.3) is 0 Å². The van der Waals surface area contributed by atoms with E-state index in [-0.39, 0.29) is 16.3 Å². The number of hydrogen-bond acceptors (Lipinski definition) is 5. The van der Waals surface area contributed by atoms with Crippen molar-refractivity contribution in [2.45, 2.75) is 48.9 Å². The highest BCUT2D eigenvalue weighted by atomic mass is 32.2. The Kier molecular flexibility index (Phi) is 6.03. The number of rotatable bonds is 6. The van der Waals surface area contributed by atoms with E-state index in [0.717, 1.165) is 19.3 Å². The third-order valence-electron chi connectivity index (χ3n) is 4.11. The number of nitrogens with one attached hydrogen (secondary N) is 1. The van der Waals surface area contributed by atoms with E-state index in [9.17, 15) is 16.8 Å². The van der Waals surface area contributed by atoms with Crippen LogP contribution in [0.4, 0.5) is 0 Å². The molecule has 3 N–H and O–H groups in total. The monoisotopic (exact) mass is 375 g/mol. The molecule has 7 nitrogen and oxygen atoms in total. The van der Waals surface area contributed by atoms with Crippen molar-refractivity contribution >= 4 is 20.0 Å². The molecule has 2 rings (SSSR count). The highest BCUT2D eigenvalue weighted by Crippen LogP contribution is 2.25. The lowest BCUT2D eigenvalue weighted by molar-refractivity contribution is 0.346. The van der Waals surface area contributed by atoms with Crippen molar-refractivity contribution in [2.75, 3.05) is 19.6 Å². The van der Waals surface area contributed by atoms with Gasteiger partial charge in [0.1, 0.15) is 0 Å². The van der Waals surface area contributed by atoms with Crippen molar-refractivity contribution in [2.24, 2.45) is 5.73 Å². The van der Waals surface area contributed by atoms with Crippen LogP contribution in [0.2, 0.25) is 0 Å². The average molecular weight is 376 g/mol. The molecule has 1 aliphatic rings. The second-order valence-electron chi connectivity index (χ2n) is 6.15. The first-order valence-electron chi connectivity index (χ1n) is 8.01. The zero-order chi connectivity index (χ0) is 18.0. The standard InChI is InChI=1S/C15H25N3O4S2/c1-12-6-7-14(23(19,20)17-13(2)11-16)10-15(12)24(21,22)18-8-4-3-5-9-18/h6-7,10,13,17H,3-5,8-9,11,16H2,1-2H3/t13-/m0/s1. The number of hydrogen-bond donors (Lipinski definition) is 2. The minimum atomic E-state index is -3.81. The van der Waals surface area contributed by atoms with Crippen LogP contribution in [0.5, 0.6) is 0 Å². The summed E-state index contributed by atoms with van der Waals surface area (Å²) in [7, 11) is -7.51. The third-order valence-corrected chi connectivity index (χ3v) is 7.74. The van der Waals surface area contributed by atoms with Gasteiger partial charge in [0.15, 0.2) is 0 Å². The second-order valence-corrected chi connectivity index (χ2v) is 9.77. The fourth-order valence-electron chi connectivity index (χ4n) is 2.65. The maximum atomic E-state index is 12.9. The molecule has 0 amide bonds. The summed E-state index contributed by atoms with van der Waals surface area (Å²) in [5, 5.41) is 0. The highest BCUT2D eigenvalue weighted by molar-refractivity contribution is 7.90. The molecule has 1 atom stereocenters. The summed E-state index contributed by atoms with van der Waals surface area (Å²) in [5.74, 6) is 0. The molecule has 1 aliphatic heterocycles. The quantitative estimate of drug-likeness (QED) is 0.764. The highest BCUT2D eigenvalue weighted by Gasteiger charge is 2.29. The topological polar surface area (TPSA) is 110 Å². The molecule has 0 radical (unpaired) electrons. The smallest absolute Gasteiger partial charge is 0.243 e. The number of nitrogens with zero attached hydrogens (tertiary/aromatic N) is 1. The van der Waals surface area contributed by atoms with E-state index >= 15 is 0 Å². The van der Waals surface area contributed by atoms with E-state index in [1.165, 1.54) is 22.5 Å². The van der Waals surface area contributed by atoms with Gasteiger partial charge in [-0.3, -0.25) is 0 Å². The van der Waals surface area contributed by atoms with E-state index in [0.29, 0.717) is 18.7 Å². The molecule has 0 bridgehead atoms. The Labute approximate surface area is 144 Å². The first-order chi connectivity index (χ1) is 11.2. The average Bonchev–Trinajstić information content (AvgIpc) is 2.55. The molecule has 1 fully saturated rings. The van der Waals surface area contributed by atoms with E-state index in [1.54, 1.807) is 13.8 Å². The number of piperidine rings is 1. The molecule has 1 heterocycles. The predicted molar refractivity (Wildman–Crippen MR) is 92.6 cm³/mol. The maximum absolute atomic E-state index is 12.9. The van der Waals surface area contributed by atoms with Gasteiger partial charge in [0, 0.05) is 25.7 Å². The zero-order valence-electron chi connectivity index (χ0n) is 14.0. The summed E-state index contributed by atoms with van der Waals surface area (Å²) in [4.78, 5) is -0.0170. The van der Waals surface area contributed by atoms with Crippen molar-refractivity contribution in [1.29, 1.82) is 0 Å². The van der Waals surface area contributed by atoms with Crippen LogP contribution in [-0.2, 0) is 20.0 Å². The normalized spacial score (nSPS) is 18.5. The second kappa shape index (κ2) is 7.49. The number of benzene rings is 1. The molecular formula is C15H25N3O4S2. The van der Waals surface area contributed by atoms with Crippen LogP contribution in [0.25, 0.3) is 0 Å². The first kappa shape index (κ1) is 19.3. The van der Waals surface area contributed by atoms with Gasteiger partial charge in [-0.2, -0.15) is 4.31 Å². The fraction of sp³-hybridized carbons (Fsp3) is 0.600. The van der Waals surface area contributed by atoms with Gasteiger partial charge in [-0.05, 0) is 44.4 Å². The summed E-state index contributed by atoms with van der Waals surface area (Å²) >= 11 is 0. The van der Waals surface area contributed by atoms with Gasteiger partial charge < -0.3 is 5.73 Å². The Balaban J connectivity index is 2.42. The molecule has 0 unspecified atom stereocenters. The van der Waals surface area contributed by atoms with Gasteiger partial charge >= 0.3 is 0 Å². The molecule has 0 saturated carbocycles. The maximum Gasteiger partial charge on any atom is 0.243 e. The van der Waals surface area contributed by atoms with Gasteiger partial charge in [0.05, 0.1) is 9.79 Å². The zero-order valence-corrected chi connectivity index (χ0v) is 15.7. The van der Waals surface area contributed by atoms with Crippen molar-refractivity contribution in [3.8, 4) is 0 Å². The minimum Gasteiger partial charge on any atom is -0.329 e. The number of nitrogens with two attached hydrogens (primary N) is 1. The Bertz CT molecular complexity index is 785. The SMILES string of the molecule is Cc1ccc(S(=O)(=O)N[C@@H](C)CN)cc1S(=O)(=O)N1CCCCC1. The summed E-state index contributed by atoms with van der Waals surface area (Å²) in [5.41, 5.74) is 5.98. The molecule has 24 heavy (non-hydrogen) atoms. The third kappa shape index (κ3) is 4.15. The lowest BCUT2D eigenvalue weighted by Gasteiger charge is -2.26. The van der Waals surface area contributed by atoms with Crippen LogP contribution in [-0.4, -0.2) is 46.8 Å². The molecule has 0 aliphatic carbocycles. The van der Waals surface area contributed by atoms with Gasteiger partial charge in [0.2, 0.25) is 20.0 Å². The number of sulfonamides is 2. The van der Waals surface area contributed by atoms with E-state index in [2.05, 4.69) is 4.72 Å². The predicted octanol–water partition coefficient (Wildman–Crippen LogP) is 0.795. The Hall–Kier alpha value is -1.00. The molecule has 1 aromatic carbocycles. The fourth-order valence-corrected chi connectivity index (χ4v) is 5.78. The van der Waals surface area contributed by atoms with Gasteiger partial charge in [-0.15, -0.1) is 0 Å². The van der Waals surface area contributed by atoms with Gasteiger partial charge in [-0.1, -0.05) is 12.5 Å². The van der Waals surface area contributed by atoms with Crippen LogP contribution in [0.15, 0.2) is 28.0 Å². The van der Waals surface area contributed by atoms with Gasteiger partial charge in [-0.25, -0.2) is 21.6 Å². The molecule has 1 saturated heterocycles. The van der Waals surface area contributed by atoms with E-state index in [1.807, 2.05) is 0 Å². The van der Waals surface area contributed by atoms with Crippen LogP contribution in [0.3, 0.4) is 0 Å². The van der Waals surface area contributed by atoms with Crippen molar-refractivity contribution in [3.05, 3.63) is 23.8 Å². The van der Waals surface area contributed by atoms with Crippen LogP contribution < -0.4 is 10.5 Å².